The lowest BCUT2D eigenvalue weighted by molar-refractivity contribution is -0.144. The maximum absolute atomic E-state index is 11.5. The molecule has 0 aliphatic rings. The average molecular weight is 312 g/mol. The number of nitrogens with two attached hydrogens (primary N) is 2. The highest BCUT2D eigenvalue weighted by molar-refractivity contribution is 8.00. The van der Waals surface area contributed by atoms with Crippen LogP contribution in [0.15, 0.2) is 0 Å². The summed E-state index contributed by atoms with van der Waals surface area (Å²) >= 11 is 1.26. The second-order valence-corrected chi connectivity index (χ2v) is 7.26. The Balaban J connectivity index is 3.85. The summed E-state index contributed by atoms with van der Waals surface area (Å²) in [4.78, 5) is 21.7. The van der Waals surface area contributed by atoms with Crippen LogP contribution < -0.4 is 11.5 Å². The molecule has 112 valence electrons. The van der Waals surface area contributed by atoms with Crippen molar-refractivity contribution in [3.63, 3.8) is 0 Å². The number of sulfone groups is 1. The zero-order valence-electron chi connectivity index (χ0n) is 10.8. The first kappa shape index (κ1) is 18.2. The summed E-state index contributed by atoms with van der Waals surface area (Å²) in [6, 6.07) is -0.752. The average Bonchev–Trinajstić information content (AvgIpc) is 2.32. The first-order chi connectivity index (χ1) is 8.78. The lowest BCUT2D eigenvalue weighted by Crippen LogP contribution is -2.34. The Hall–Kier alpha value is -0.800. The van der Waals surface area contributed by atoms with Crippen LogP contribution >= 0.6 is 11.8 Å². The second-order valence-electron chi connectivity index (χ2n) is 3.80. The molecule has 0 saturated carbocycles. The predicted molar refractivity (Wildman–Crippen MR) is 74.4 cm³/mol. The van der Waals surface area contributed by atoms with E-state index in [2.05, 4.69) is 0 Å². The minimum absolute atomic E-state index is 0.0690. The quantitative estimate of drug-likeness (QED) is 0.387. The number of carbonyl (C=O) groups excluding carboxylic acids is 2. The van der Waals surface area contributed by atoms with Crippen LogP contribution in [0.25, 0.3) is 0 Å². The number of carbonyl (C=O) groups is 2. The van der Waals surface area contributed by atoms with Crippen LogP contribution in [-0.4, -0.2) is 56.0 Å². The van der Waals surface area contributed by atoms with E-state index < -0.39 is 27.8 Å². The Morgan fingerprint density at radius 1 is 1.32 bits per heavy atom. The van der Waals surface area contributed by atoms with Crippen LogP contribution in [0.3, 0.4) is 0 Å². The fourth-order valence-electron chi connectivity index (χ4n) is 1.07. The van der Waals surface area contributed by atoms with Crippen molar-refractivity contribution in [2.24, 2.45) is 11.5 Å². The molecule has 1 unspecified atom stereocenters. The fourth-order valence-corrected chi connectivity index (χ4v) is 3.83. The van der Waals surface area contributed by atoms with Crippen LogP contribution in [0, 0.1) is 0 Å². The summed E-state index contributed by atoms with van der Waals surface area (Å²) in [6.07, 6.45) is -0.171. The van der Waals surface area contributed by atoms with E-state index in [4.69, 9.17) is 16.2 Å². The second kappa shape index (κ2) is 9.16. The lowest BCUT2D eigenvalue weighted by atomic mass is 10.4. The molecular weight excluding hydrogens is 292 g/mol. The Kier molecular flexibility index (Phi) is 8.77. The van der Waals surface area contributed by atoms with Crippen LogP contribution in [-0.2, 0) is 24.2 Å². The maximum atomic E-state index is 11.5. The van der Waals surface area contributed by atoms with E-state index in [1.165, 1.54) is 11.8 Å². The van der Waals surface area contributed by atoms with Crippen molar-refractivity contribution in [2.75, 3.05) is 29.6 Å². The Morgan fingerprint density at radius 3 is 2.47 bits per heavy atom. The van der Waals surface area contributed by atoms with Crippen molar-refractivity contribution in [2.45, 2.75) is 19.4 Å². The zero-order valence-corrected chi connectivity index (χ0v) is 12.5. The molecule has 0 fully saturated rings. The lowest BCUT2D eigenvalue weighted by Gasteiger charge is -2.10. The highest BCUT2D eigenvalue weighted by atomic mass is 32.2. The van der Waals surface area contributed by atoms with Gasteiger partial charge in [-0.1, -0.05) is 0 Å². The van der Waals surface area contributed by atoms with E-state index in [0.29, 0.717) is 11.5 Å². The van der Waals surface area contributed by atoms with Gasteiger partial charge in [-0.3, -0.25) is 9.59 Å². The van der Waals surface area contributed by atoms with E-state index in [0.717, 1.165) is 0 Å². The largest absolute Gasteiger partial charge is 0.465 e. The van der Waals surface area contributed by atoms with E-state index in [9.17, 15) is 18.0 Å². The van der Waals surface area contributed by atoms with Gasteiger partial charge in [-0.25, -0.2) is 8.42 Å². The molecule has 0 rings (SSSR count). The van der Waals surface area contributed by atoms with Gasteiger partial charge in [0, 0.05) is 17.9 Å². The first-order valence-corrected chi connectivity index (χ1v) is 8.74. The maximum Gasteiger partial charge on any atom is 0.323 e. The number of hydrogen-bond donors (Lipinski definition) is 2. The third kappa shape index (κ3) is 9.74. The van der Waals surface area contributed by atoms with Gasteiger partial charge in [-0.15, -0.1) is 0 Å². The number of amides is 1. The van der Waals surface area contributed by atoms with Gasteiger partial charge in [0.1, 0.15) is 6.04 Å². The third-order valence-electron chi connectivity index (χ3n) is 2.08. The van der Waals surface area contributed by atoms with E-state index in [1.807, 2.05) is 0 Å². The summed E-state index contributed by atoms with van der Waals surface area (Å²) < 4.78 is 27.7. The number of thioether (sulfide) groups is 1. The first-order valence-electron chi connectivity index (χ1n) is 5.77. The van der Waals surface area contributed by atoms with Crippen molar-refractivity contribution >= 4 is 33.5 Å². The molecule has 0 aliphatic heterocycles. The summed E-state index contributed by atoms with van der Waals surface area (Å²) in [6.45, 7) is 1.95. The normalized spacial score (nSPS) is 12.9. The Labute approximate surface area is 117 Å². The minimum Gasteiger partial charge on any atom is -0.465 e. The summed E-state index contributed by atoms with van der Waals surface area (Å²) in [5, 5.41) is 0. The highest BCUT2D eigenvalue weighted by Gasteiger charge is 2.16. The fraction of sp³-hybridized carbons (Fsp3) is 0.800. The van der Waals surface area contributed by atoms with Crippen molar-refractivity contribution in [1.82, 2.24) is 0 Å². The van der Waals surface area contributed by atoms with Crippen LogP contribution in [0.4, 0.5) is 0 Å². The molecule has 4 N–H and O–H groups in total. The van der Waals surface area contributed by atoms with Crippen molar-refractivity contribution in [3.05, 3.63) is 0 Å². The molecule has 9 heteroatoms. The smallest absolute Gasteiger partial charge is 0.323 e. The number of ether oxygens (including phenoxy) is 1. The van der Waals surface area contributed by atoms with Gasteiger partial charge in [-0.05, 0) is 6.92 Å². The van der Waals surface area contributed by atoms with E-state index in [-0.39, 0.29) is 24.5 Å². The van der Waals surface area contributed by atoms with Crippen LogP contribution in [0.5, 0.6) is 0 Å². The Morgan fingerprint density at radius 2 is 1.95 bits per heavy atom. The van der Waals surface area contributed by atoms with E-state index in [1.54, 1.807) is 6.92 Å². The number of esters is 1. The molecule has 1 atom stereocenters. The molecule has 7 nitrogen and oxygen atoms in total. The van der Waals surface area contributed by atoms with E-state index >= 15 is 0 Å². The molecule has 19 heavy (non-hydrogen) atoms. The van der Waals surface area contributed by atoms with Gasteiger partial charge in [0.05, 0.1) is 18.1 Å². The van der Waals surface area contributed by atoms with Gasteiger partial charge in [0.2, 0.25) is 5.91 Å². The van der Waals surface area contributed by atoms with Gasteiger partial charge >= 0.3 is 5.97 Å². The molecule has 0 aromatic carbocycles. The summed E-state index contributed by atoms with van der Waals surface area (Å²) in [5.41, 5.74) is 10.4. The molecular formula is C10H20N2O5S2. The predicted octanol–water partition coefficient (Wildman–Crippen LogP) is -1.10. The molecule has 0 radical (unpaired) electrons. The van der Waals surface area contributed by atoms with Crippen molar-refractivity contribution in [3.8, 4) is 0 Å². The molecule has 0 aliphatic carbocycles. The number of primary amides is 1. The van der Waals surface area contributed by atoms with Gasteiger partial charge in [0.15, 0.2) is 9.84 Å². The zero-order chi connectivity index (χ0) is 14.9. The standard InChI is InChI=1S/C10H20N2O5S2/c1-2-17-10(14)8(11)7-18-4-6-19(15,16)5-3-9(12)13/h8H,2-7,11H2,1H3,(H2,12,13). The molecule has 0 spiro atoms. The number of rotatable bonds is 10. The van der Waals surface area contributed by atoms with Crippen molar-refractivity contribution in [1.29, 1.82) is 0 Å². The Bertz CT molecular complexity index is 397. The van der Waals surface area contributed by atoms with Crippen LogP contribution in [0.2, 0.25) is 0 Å². The summed E-state index contributed by atoms with van der Waals surface area (Å²) in [7, 11) is -3.28. The minimum atomic E-state index is -3.28. The molecule has 0 aromatic heterocycles. The van der Waals surface area contributed by atoms with Crippen LogP contribution in [0.1, 0.15) is 13.3 Å². The molecule has 0 bridgehead atoms. The molecule has 0 heterocycles. The number of hydrogen-bond acceptors (Lipinski definition) is 7. The highest BCUT2D eigenvalue weighted by Crippen LogP contribution is 2.06. The summed E-state index contributed by atoms with van der Waals surface area (Å²) in [5.74, 6) is -0.835. The third-order valence-corrected chi connectivity index (χ3v) is 5.08. The molecule has 0 aromatic rings. The SMILES string of the molecule is CCOC(=O)C(N)CSCCS(=O)(=O)CCC(N)=O. The van der Waals surface area contributed by atoms with Crippen molar-refractivity contribution < 1.29 is 22.7 Å². The van der Waals surface area contributed by atoms with Gasteiger partial charge in [0.25, 0.3) is 0 Å². The van der Waals surface area contributed by atoms with Gasteiger partial charge < -0.3 is 16.2 Å². The molecule has 1 amide bonds. The van der Waals surface area contributed by atoms with Gasteiger partial charge in [-0.2, -0.15) is 11.8 Å². The monoisotopic (exact) mass is 312 g/mol. The topological polar surface area (TPSA) is 130 Å². The molecule has 0 saturated heterocycles.